The molecule has 1 saturated heterocycles. The Labute approximate surface area is 163 Å². The highest BCUT2D eigenvalue weighted by Gasteiger charge is 2.25. The van der Waals surface area contributed by atoms with Gasteiger partial charge in [-0.2, -0.15) is 0 Å². The van der Waals surface area contributed by atoms with Gasteiger partial charge in [0.25, 0.3) is 0 Å². The maximum absolute atomic E-state index is 13.4. The number of benzene rings is 2. The highest BCUT2D eigenvalue weighted by Crippen LogP contribution is 2.28. The first-order valence-corrected chi connectivity index (χ1v) is 9.77. The molecule has 1 aliphatic heterocycles. The second kappa shape index (κ2) is 8.00. The zero-order chi connectivity index (χ0) is 19.5. The van der Waals surface area contributed by atoms with E-state index in [4.69, 9.17) is 4.74 Å². The van der Waals surface area contributed by atoms with Crippen molar-refractivity contribution in [1.82, 2.24) is 14.9 Å². The number of rotatable bonds is 5. The Morgan fingerprint density at radius 3 is 2.68 bits per heavy atom. The summed E-state index contributed by atoms with van der Waals surface area (Å²) < 4.78 is 18.8. The number of carbonyl (C=O) groups excluding carboxylic acids is 1. The van der Waals surface area contributed by atoms with Crippen LogP contribution >= 0.6 is 0 Å². The van der Waals surface area contributed by atoms with Crippen molar-refractivity contribution >= 4 is 16.9 Å². The number of carbonyl (C=O) groups is 1. The summed E-state index contributed by atoms with van der Waals surface area (Å²) in [5.74, 6) is 1.86. The second-order valence-corrected chi connectivity index (χ2v) is 7.19. The first kappa shape index (κ1) is 18.5. The third kappa shape index (κ3) is 4.01. The van der Waals surface area contributed by atoms with E-state index in [9.17, 15) is 9.18 Å². The van der Waals surface area contributed by atoms with Crippen LogP contribution in [0.25, 0.3) is 11.0 Å². The van der Waals surface area contributed by atoms with Gasteiger partial charge in [-0.25, -0.2) is 9.37 Å². The summed E-state index contributed by atoms with van der Waals surface area (Å²) in [6.45, 7) is 4.01. The van der Waals surface area contributed by atoms with Crippen LogP contribution in [-0.4, -0.2) is 40.5 Å². The SMILES string of the molecule is CCOc1ccc(CC(=O)N2CCC(c3nc4ccc(F)cc4[nH]3)CC2)cc1. The van der Waals surface area contributed by atoms with Crippen LogP contribution in [0.2, 0.25) is 0 Å². The van der Waals surface area contributed by atoms with Crippen LogP contribution < -0.4 is 4.74 Å². The Morgan fingerprint density at radius 2 is 1.96 bits per heavy atom. The number of piperidine rings is 1. The van der Waals surface area contributed by atoms with E-state index in [-0.39, 0.29) is 17.6 Å². The van der Waals surface area contributed by atoms with Crippen molar-refractivity contribution in [3.05, 3.63) is 59.7 Å². The van der Waals surface area contributed by atoms with E-state index >= 15 is 0 Å². The topological polar surface area (TPSA) is 58.2 Å². The van der Waals surface area contributed by atoms with Crippen molar-refractivity contribution in [3.63, 3.8) is 0 Å². The summed E-state index contributed by atoms with van der Waals surface area (Å²) >= 11 is 0. The fourth-order valence-corrected chi connectivity index (χ4v) is 3.75. The predicted molar refractivity (Wildman–Crippen MR) is 106 cm³/mol. The molecule has 0 saturated carbocycles. The number of nitrogens with zero attached hydrogens (tertiary/aromatic N) is 2. The molecule has 4 rings (SSSR count). The Hall–Kier alpha value is -2.89. The molecular formula is C22H24FN3O2. The highest BCUT2D eigenvalue weighted by molar-refractivity contribution is 5.79. The number of likely N-dealkylation sites (tertiary alicyclic amines) is 1. The monoisotopic (exact) mass is 381 g/mol. The van der Waals surface area contributed by atoms with Crippen molar-refractivity contribution in [3.8, 4) is 5.75 Å². The molecule has 0 spiro atoms. The van der Waals surface area contributed by atoms with Gasteiger partial charge in [0, 0.05) is 19.0 Å². The lowest BCUT2D eigenvalue weighted by molar-refractivity contribution is -0.131. The lowest BCUT2D eigenvalue weighted by atomic mass is 9.95. The Bertz CT molecular complexity index is 960. The second-order valence-electron chi connectivity index (χ2n) is 7.19. The summed E-state index contributed by atoms with van der Waals surface area (Å²) in [5.41, 5.74) is 2.50. The van der Waals surface area contributed by atoms with Gasteiger partial charge in [0.05, 0.1) is 24.1 Å². The predicted octanol–water partition coefficient (Wildman–Crippen LogP) is 4.05. The largest absolute Gasteiger partial charge is 0.494 e. The molecule has 2 heterocycles. The molecule has 1 aliphatic rings. The highest BCUT2D eigenvalue weighted by atomic mass is 19.1. The first-order valence-electron chi connectivity index (χ1n) is 9.77. The van der Waals surface area contributed by atoms with Gasteiger partial charge in [0.2, 0.25) is 5.91 Å². The minimum atomic E-state index is -0.266. The van der Waals surface area contributed by atoms with Gasteiger partial charge in [-0.15, -0.1) is 0 Å². The molecule has 146 valence electrons. The molecule has 0 bridgehead atoms. The number of hydrogen-bond acceptors (Lipinski definition) is 3. The lowest BCUT2D eigenvalue weighted by Crippen LogP contribution is -2.39. The fraction of sp³-hybridized carbons (Fsp3) is 0.364. The molecule has 3 aromatic rings. The molecule has 0 radical (unpaired) electrons. The molecule has 1 fully saturated rings. The van der Waals surface area contributed by atoms with Gasteiger partial charge in [0.15, 0.2) is 0 Å². The number of halogens is 1. The Kier molecular flexibility index (Phi) is 5.28. The van der Waals surface area contributed by atoms with Gasteiger partial charge in [0.1, 0.15) is 17.4 Å². The normalized spacial score (nSPS) is 15.1. The summed E-state index contributed by atoms with van der Waals surface area (Å²) in [7, 11) is 0. The molecule has 2 aromatic carbocycles. The minimum absolute atomic E-state index is 0.147. The Morgan fingerprint density at radius 1 is 1.21 bits per heavy atom. The number of aromatic nitrogens is 2. The molecule has 0 unspecified atom stereocenters. The van der Waals surface area contributed by atoms with Crippen LogP contribution in [0.4, 0.5) is 4.39 Å². The van der Waals surface area contributed by atoms with E-state index in [1.165, 1.54) is 12.1 Å². The zero-order valence-corrected chi connectivity index (χ0v) is 16.0. The standard InChI is InChI=1S/C22H24FN3O2/c1-2-28-18-6-3-15(4-7-18)13-21(27)26-11-9-16(10-12-26)22-24-19-8-5-17(23)14-20(19)25-22/h3-8,14,16H,2,9-13H2,1H3,(H,24,25). The number of hydrogen-bond donors (Lipinski definition) is 1. The molecule has 5 nitrogen and oxygen atoms in total. The molecule has 1 amide bonds. The Balaban J connectivity index is 1.34. The average molecular weight is 381 g/mol. The first-order chi connectivity index (χ1) is 13.6. The molecule has 28 heavy (non-hydrogen) atoms. The van der Waals surface area contributed by atoms with Gasteiger partial charge < -0.3 is 14.6 Å². The van der Waals surface area contributed by atoms with Crippen LogP contribution in [0, 0.1) is 5.82 Å². The molecule has 0 aliphatic carbocycles. The quantitative estimate of drug-likeness (QED) is 0.725. The van der Waals surface area contributed by atoms with Crippen molar-refractivity contribution in [2.75, 3.05) is 19.7 Å². The summed E-state index contributed by atoms with van der Waals surface area (Å²) in [4.78, 5) is 22.4. The van der Waals surface area contributed by atoms with Crippen molar-refractivity contribution in [2.45, 2.75) is 32.1 Å². The number of imidazole rings is 1. The number of H-pyrrole nitrogens is 1. The van der Waals surface area contributed by atoms with Gasteiger partial charge >= 0.3 is 0 Å². The smallest absolute Gasteiger partial charge is 0.226 e. The summed E-state index contributed by atoms with van der Waals surface area (Å²) in [6, 6.07) is 12.3. The van der Waals surface area contributed by atoms with Crippen molar-refractivity contribution < 1.29 is 13.9 Å². The third-order valence-electron chi connectivity index (χ3n) is 5.29. The minimum Gasteiger partial charge on any atom is -0.494 e. The van der Waals surface area contributed by atoms with E-state index in [1.54, 1.807) is 6.07 Å². The van der Waals surface area contributed by atoms with Crippen LogP contribution in [0.1, 0.15) is 37.1 Å². The molecule has 6 heteroatoms. The van der Waals surface area contributed by atoms with Gasteiger partial charge in [-0.05, 0) is 55.7 Å². The third-order valence-corrected chi connectivity index (χ3v) is 5.29. The zero-order valence-electron chi connectivity index (χ0n) is 16.0. The number of amides is 1. The van der Waals surface area contributed by atoms with E-state index in [1.807, 2.05) is 36.1 Å². The van der Waals surface area contributed by atoms with Crippen LogP contribution in [0.15, 0.2) is 42.5 Å². The average Bonchev–Trinajstić information content (AvgIpc) is 3.13. The molecule has 1 N–H and O–H groups in total. The van der Waals surface area contributed by atoms with E-state index < -0.39 is 0 Å². The van der Waals surface area contributed by atoms with E-state index in [0.717, 1.165) is 41.0 Å². The van der Waals surface area contributed by atoms with Crippen LogP contribution in [0.5, 0.6) is 5.75 Å². The number of ether oxygens (including phenoxy) is 1. The fourth-order valence-electron chi connectivity index (χ4n) is 3.75. The maximum atomic E-state index is 13.4. The number of fused-ring (bicyclic) bond motifs is 1. The maximum Gasteiger partial charge on any atom is 0.226 e. The number of nitrogens with one attached hydrogen (secondary N) is 1. The molecule has 1 aromatic heterocycles. The molecule has 0 atom stereocenters. The summed E-state index contributed by atoms with van der Waals surface area (Å²) in [6.07, 6.45) is 2.12. The van der Waals surface area contributed by atoms with Gasteiger partial charge in [-0.3, -0.25) is 4.79 Å². The lowest BCUT2D eigenvalue weighted by Gasteiger charge is -2.31. The number of aromatic amines is 1. The summed E-state index contributed by atoms with van der Waals surface area (Å²) in [5, 5.41) is 0. The van der Waals surface area contributed by atoms with Gasteiger partial charge in [-0.1, -0.05) is 12.1 Å². The van der Waals surface area contributed by atoms with Crippen molar-refractivity contribution in [2.24, 2.45) is 0 Å². The van der Waals surface area contributed by atoms with Crippen LogP contribution in [0.3, 0.4) is 0 Å². The molecular weight excluding hydrogens is 357 g/mol. The van der Waals surface area contributed by atoms with E-state index in [0.29, 0.717) is 26.1 Å². The van der Waals surface area contributed by atoms with Crippen molar-refractivity contribution in [1.29, 1.82) is 0 Å². The van der Waals surface area contributed by atoms with E-state index in [2.05, 4.69) is 9.97 Å². The van der Waals surface area contributed by atoms with Crippen LogP contribution in [-0.2, 0) is 11.2 Å².